The van der Waals surface area contributed by atoms with Crippen molar-refractivity contribution in [2.45, 2.75) is 18.0 Å². The Morgan fingerprint density at radius 1 is 1.39 bits per heavy atom. The van der Waals surface area contributed by atoms with Crippen LogP contribution in [-0.2, 0) is 23.1 Å². The normalized spacial score (nSPS) is 11.8. The third-order valence-electron chi connectivity index (χ3n) is 2.44. The molecule has 0 spiro atoms. The molecule has 0 radical (unpaired) electrons. The van der Waals surface area contributed by atoms with Gasteiger partial charge in [-0.1, -0.05) is 0 Å². The highest BCUT2D eigenvalue weighted by molar-refractivity contribution is 7.89. The monoisotopic (exact) mass is 285 g/mol. The Kier molecular flexibility index (Phi) is 4.18. The average molecular weight is 285 g/mol. The van der Waals surface area contributed by atoms with Crippen LogP contribution >= 0.6 is 11.3 Å². The molecule has 2 heterocycles. The molecule has 0 saturated carbocycles. The largest absolute Gasteiger partial charge is 0.363 e. The number of aromatic nitrogens is 1. The van der Waals surface area contributed by atoms with Crippen molar-refractivity contribution in [3.63, 3.8) is 0 Å². The van der Waals surface area contributed by atoms with Crippen molar-refractivity contribution in [3.8, 4) is 0 Å². The average Bonchev–Trinajstić information content (AvgIpc) is 2.98. The van der Waals surface area contributed by atoms with Crippen molar-refractivity contribution in [1.29, 1.82) is 0 Å². The molecule has 7 heteroatoms. The summed E-state index contributed by atoms with van der Waals surface area (Å²) in [5.41, 5.74) is 1.81. The maximum Gasteiger partial charge on any atom is 0.242 e. The van der Waals surface area contributed by atoms with Crippen molar-refractivity contribution in [2.75, 3.05) is 7.05 Å². The van der Waals surface area contributed by atoms with Crippen LogP contribution in [0.1, 0.15) is 11.3 Å². The molecule has 18 heavy (non-hydrogen) atoms. The standard InChI is InChI=1S/C11H15N3O2S2/c1-12-6-10-4-11(7-13-10)18(15,16)14-5-9-2-3-17-8-9/h2-4,7-8,12-14H,5-6H2,1H3. The minimum absolute atomic E-state index is 0.267. The summed E-state index contributed by atoms with van der Waals surface area (Å²) in [7, 11) is -1.63. The van der Waals surface area contributed by atoms with E-state index in [1.807, 2.05) is 23.9 Å². The van der Waals surface area contributed by atoms with Gasteiger partial charge < -0.3 is 10.3 Å². The first kappa shape index (κ1) is 13.3. The molecular formula is C11H15N3O2S2. The third-order valence-corrected chi connectivity index (χ3v) is 4.55. The van der Waals surface area contributed by atoms with Gasteiger partial charge in [0.25, 0.3) is 0 Å². The van der Waals surface area contributed by atoms with Crippen LogP contribution < -0.4 is 10.0 Å². The van der Waals surface area contributed by atoms with Gasteiger partial charge in [0.2, 0.25) is 10.0 Å². The molecule has 0 atom stereocenters. The zero-order valence-corrected chi connectivity index (χ0v) is 11.6. The molecular weight excluding hydrogens is 270 g/mol. The number of nitrogens with one attached hydrogen (secondary N) is 3. The van der Waals surface area contributed by atoms with Gasteiger partial charge in [-0.2, -0.15) is 11.3 Å². The highest BCUT2D eigenvalue weighted by Crippen LogP contribution is 2.12. The van der Waals surface area contributed by atoms with E-state index in [-0.39, 0.29) is 4.90 Å². The molecule has 0 aliphatic heterocycles. The van der Waals surface area contributed by atoms with Crippen LogP contribution in [-0.4, -0.2) is 20.4 Å². The lowest BCUT2D eigenvalue weighted by Crippen LogP contribution is -2.22. The van der Waals surface area contributed by atoms with Crippen LogP contribution in [0.25, 0.3) is 0 Å². The van der Waals surface area contributed by atoms with E-state index < -0.39 is 10.0 Å². The van der Waals surface area contributed by atoms with Crippen molar-refractivity contribution < 1.29 is 8.42 Å². The second-order valence-corrected chi connectivity index (χ2v) is 6.39. The van der Waals surface area contributed by atoms with E-state index in [1.165, 1.54) is 6.20 Å². The maximum absolute atomic E-state index is 12.0. The highest BCUT2D eigenvalue weighted by Gasteiger charge is 2.15. The maximum atomic E-state index is 12.0. The number of sulfonamides is 1. The number of hydrogen-bond donors (Lipinski definition) is 3. The van der Waals surface area contributed by atoms with Crippen molar-refractivity contribution in [1.82, 2.24) is 15.0 Å². The van der Waals surface area contributed by atoms with E-state index in [0.29, 0.717) is 13.1 Å². The zero-order valence-electron chi connectivity index (χ0n) is 9.93. The van der Waals surface area contributed by atoms with E-state index in [2.05, 4.69) is 15.0 Å². The molecule has 0 aliphatic carbocycles. The Morgan fingerprint density at radius 2 is 2.22 bits per heavy atom. The zero-order chi connectivity index (χ0) is 13.0. The molecule has 0 saturated heterocycles. The van der Waals surface area contributed by atoms with Crippen LogP contribution in [0.4, 0.5) is 0 Å². The van der Waals surface area contributed by atoms with E-state index in [0.717, 1.165) is 11.3 Å². The molecule has 3 N–H and O–H groups in total. The second-order valence-electron chi connectivity index (χ2n) is 3.85. The van der Waals surface area contributed by atoms with Gasteiger partial charge in [-0.05, 0) is 35.5 Å². The van der Waals surface area contributed by atoms with E-state index >= 15 is 0 Å². The minimum Gasteiger partial charge on any atom is -0.363 e. The molecule has 0 fully saturated rings. The molecule has 0 amide bonds. The van der Waals surface area contributed by atoms with Gasteiger partial charge >= 0.3 is 0 Å². The smallest absolute Gasteiger partial charge is 0.242 e. The summed E-state index contributed by atoms with van der Waals surface area (Å²) in [5.74, 6) is 0. The first-order valence-corrected chi connectivity index (χ1v) is 7.87. The molecule has 0 aromatic carbocycles. The summed E-state index contributed by atoms with van der Waals surface area (Å²) in [4.78, 5) is 3.19. The number of aromatic amines is 1. The molecule has 2 aromatic heterocycles. The first-order valence-electron chi connectivity index (χ1n) is 5.44. The van der Waals surface area contributed by atoms with Gasteiger partial charge in [0.05, 0.1) is 4.90 Å². The van der Waals surface area contributed by atoms with Crippen molar-refractivity contribution >= 4 is 21.4 Å². The fourth-order valence-electron chi connectivity index (χ4n) is 1.52. The summed E-state index contributed by atoms with van der Waals surface area (Å²) in [6.45, 7) is 0.929. The van der Waals surface area contributed by atoms with Gasteiger partial charge in [-0.15, -0.1) is 0 Å². The van der Waals surface area contributed by atoms with Crippen LogP contribution in [0, 0.1) is 0 Å². The number of thiophene rings is 1. The van der Waals surface area contributed by atoms with E-state index in [9.17, 15) is 8.42 Å². The predicted octanol–water partition coefficient (Wildman–Crippen LogP) is 1.27. The minimum atomic E-state index is -3.44. The third kappa shape index (κ3) is 3.20. The summed E-state index contributed by atoms with van der Waals surface area (Å²) in [6, 6.07) is 3.53. The first-order chi connectivity index (χ1) is 8.62. The topological polar surface area (TPSA) is 74.0 Å². The van der Waals surface area contributed by atoms with Gasteiger partial charge in [0, 0.05) is 25.0 Å². The van der Waals surface area contributed by atoms with Gasteiger partial charge in [0.15, 0.2) is 0 Å². The molecule has 2 rings (SSSR count). The fraction of sp³-hybridized carbons (Fsp3) is 0.273. The fourth-order valence-corrected chi connectivity index (χ4v) is 3.22. The van der Waals surface area contributed by atoms with Crippen LogP contribution in [0.3, 0.4) is 0 Å². The number of H-pyrrole nitrogens is 1. The molecule has 0 bridgehead atoms. The molecule has 2 aromatic rings. The predicted molar refractivity (Wildman–Crippen MR) is 71.9 cm³/mol. The van der Waals surface area contributed by atoms with Crippen LogP contribution in [0.2, 0.25) is 0 Å². The van der Waals surface area contributed by atoms with E-state index in [4.69, 9.17) is 0 Å². The SMILES string of the molecule is CNCc1cc(S(=O)(=O)NCc2ccsc2)c[nH]1. The van der Waals surface area contributed by atoms with Crippen molar-refractivity contribution in [3.05, 3.63) is 40.3 Å². The Labute approximate surface area is 110 Å². The van der Waals surface area contributed by atoms with Gasteiger partial charge in [-0.25, -0.2) is 13.1 Å². The lowest BCUT2D eigenvalue weighted by molar-refractivity contribution is 0.581. The summed E-state index contributed by atoms with van der Waals surface area (Å²) in [6.07, 6.45) is 1.50. The van der Waals surface area contributed by atoms with Gasteiger partial charge in [-0.3, -0.25) is 0 Å². The summed E-state index contributed by atoms with van der Waals surface area (Å²) < 4.78 is 26.6. The lowest BCUT2D eigenvalue weighted by atomic mass is 10.4. The Hall–Kier alpha value is -1.15. The molecule has 0 aliphatic rings. The highest BCUT2D eigenvalue weighted by atomic mass is 32.2. The van der Waals surface area contributed by atoms with Crippen LogP contribution in [0.5, 0.6) is 0 Å². The lowest BCUT2D eigenvalue weighted by Gasteiger charge is -2.02. The summed E-state index contributed by atoms with van der Waals surface area (Å²) >= 11 is 1.55. The second kappa shape index (κ2) is 5.66. The van der Waals surface area contributed by atoms with Gasteiger partial charge in [0.1, 0.15) is 0 Å². The Morgan fingerprint density at radius 3 is 2.89 bits per heavy atom. The number of rotatable bonds is 6. The Balaban J connectivity index is 2.05. The Bertz CT molecular complexity index is 588. The molecule has 5 nitrogen and oxygen atoms in total. The molecule has 98 valence electrons. The summed E-state index contributed by atoms with van der Waals surface area (Å²) in [5, 5.41) is 6.80. The number of hydrogen-bond acceptors (Lipinski definition) is 4. The quantitative estimate of drug-likeness (QED) is 0.748. The van der Waals surface area contributed by atoms with Crippen molar-refractivity contribution in [2.24, 2.45) is 0 Å². The van der Waals surface area contributed by atoms with Crippen LogP contribution in [0.15, 0.2) is 34.0 Å². The molecule has 0 unspecified atom stereocenters. The van der Waals surface area contributed by atoms with E-state index in [1.54, 1.807) is 17.4 Å².